The topological polar surface area (TPSA) is 130 Å². The van der Waals surface area contributed by atoms with E-state index in [9.17, 15) is 23.1 Å². The molecular formula is C21H20F3N5O3S. The first kappa shape index (κ1) is 25.3. The Bertz CT molecular complexity index is 1130. The van der Waals surface area contributed by atoms with E-state index in [2.05, 4.69) is 21.2 Å². The number of hydrogen-bond donors (Lipinski definition) is 6. The second-order valence-corrected chi connectivity index (χ2v) is 6.98. The lowest BCUT2D eigenvalue weighted by molar-refractivity contribution is -0.137. The quantitative estimate of drug-likeness (QED) is 0.152. The highest BCUT2D eigenvalue weighted by Gasteiger charge is 2.31. The van der Waals surface area contributed by atoms with Crippen LogP contribution >= 0.6 is 12.2 Å². The summed E-state index contributed by atoms with van der Waals surface area (Å²) in [7, 11) is 1.40. The third-order valence-corrected chi connectivity index (χ3v) is 4.47. The summed E-state index contributed by atoms with van der Waals surface area (Å²) in [6, 6.07) is 10.1. The van der Waals surface area contributed by atoms with Crippen molar-refractivity contribution >= 4 is 46.1 Å². The Labute approximate surface area is 192 Å². The van der Waals surface area contributed by atoms with Crippen LogP contribution in [-0.4, -0.2) is 39.8 Å². The molecule has 174 valence electrons. The number of aliphatic hydroxyl groups excluding tert-OH is 1. The molecule has 0 radical (unpaired) electrons. The lowest BCUT2D eigenvalue weighted by atomic mass is 10.0. The number of aliphatic hydroxyl groups is 1. The fourth-order valence-electron chi connectivity index (χ4n) is 2.59. The van der Waals surface area contributed by atoms with E-state index >= 15 is 0 Å². The third kappa shape index (κ3) is 6.77. The Morgan fingerprint density at radius 1 is 1.09 bits per heavy atom. The molecule has 12 heteroatoms. The van der Waals surface area contributed by atoms with Gasteiger partial charge in [0.2, 0.25) is 0 Å². The van der Waals surface area contributed by atoms with Crippen LogP contribution in [0.3, 0.4) is 0 Å². The maximum atomic E-state index is 13.0. The molecule has 0 aromatic heterocycles. The van der Waals surface area contributed by atoms with Crippen LogP contribution < -0.4 is 16.1 Å². The fraction of sp³-hybridized carbons (Fsp3) is 0.143. The molecule has 0 heterocycles. The molecular weight excluding hydrogens is 459 g/mol. The van der Waals surface area contributed by atoms with Crippen LogP contribution in [0.5, 0.6) is 0 Å². The first-order valence-corrected chi connectivity index (χ1v) is 9.67. The van der Waals surface area contributed by atoms with Gasteiger partial charge in [0, 0.05) is 18.3 Å². The summed E-state index contributed by atoms with van der Waals surface area (Å²) in [4.78, 5) is 10.9. The van der Waals surface area contributed by atoms with Gasteiger partial charge >= 0.3 is 12.1 Å². The molecule has 0 spiro atoms. The van der Waals surface area contributed by atoms with Gasteiger partial charge in [-0.05, 0) is 55.5 Å². The molecule has 0 bridgehead atoms. The van der Waals surface area contributed by atoms with Crippen LogP contribution in [0.1, 0.15) is 28.4 Å². The number of alkyl halides is 3. The predicted molar refractivity (Wildman–Crippen MR) is 124 cm³/mol. The van der Waals surface area contributed by atoms with Gasteiger partial charge < -0.3 is 20.8 Å². The fourth-order valence-corrected chi connectivity index (χ4v) is 2.76. The summed E-state index contributed by atoms with van der Waals surface area (Å²) in [6.07, 6.45) is -4.56. The molecule has 0 aliphatic carbocycles. The van der Waals surface area contributed by atoms with Gasteiger partial charge in [0.15, 0.2) is 10.9 Å². The predicted octanol–water partition coefficient (Wildman–Crippen LogP) is 4.23. The van der Waals surface area contributed by atoms with Gasteiger partial charge in [-0.3, -0.25) is 10.8 Å². The molecule has 2 aromatic carbocycles. The van der Waals surface area contributed by atoms with Crippen molar-refractivity contribution in [3.05, 3.63) is 71.0 Å². The average Bonchev–Trinajstić information content (AvgIpc) is 2.77. The standard InChI is InChI=1S/C21H20F3N5O3S/c1-11(28-29-20(33)27-15-8-6-12(7-9-15)19(31)32)16(25)18(30)17(26-2)13-4-3-5-14(10-13)21(22,23)24/h3-10,25-26,30H,1-2H3,(H,31,32)(H2,27,29,33)/b18-17+,25-16?,28-11+. The number of rotatable bonds is 7. The van der Waals surface area contributed by atoms with E-state index in [1.807, 2.05) is 0 Å². The highest BCUT2D eigenvalue weighted by atomic mass is 32.1. The Balaban J connectivity index is 2.15. The van der Waals surface area contributed by atoms with Crippen molar-refractivity contribution in [3.8, 4) is 0 Å². The van der Waals surface area contributed by atoms with Crippen molar-refractivity contribution in [3.63, 3.8) is 0 Å². The van der Waals surface area contributed by atoms with Crippen molar-refractivity contribution in [2.75, 3.05) is 12.4 Å². The van der Waals surface area contributed by atoms with Crippen LogP contribution in [-0.2, 0) is 6.18 Å². The number of aromatic carboxylic acids is 1. The van der Waals surface area contributed by atoms with Gasteiger partial charge in [-0.15, -0.1) is 0 Å². The molecule has 6 N–H and O–H groups in total. The number of carboxylic acid groups (broad SMARTS) is 1. The molecule has 2 rings (SSSR count). The third-order valence-electron chi connectivity index (χ3n) is 4.28. The van der Waals surface area contributed by atoms with E-state index in [-0.39, 0.29) is 27.6 Å². The largest absolute Gasteiger partial charge is 0.504 e. The van der Waals surface area contributed by atoms with Crippen LogP contribution in [0.25, 0.3) is 5.70 Å². The smallest absolute Gasteiger partial charge is 0.416 e. The first-order chi connectivity index (χ1) is 15.4. The Hall–Kier alpha value is -3.93. The molecule has 33 heavy (non-hydrogen) atoms. The molecule has 0 amide bonds. The number of allylic oxidation sites excluding steroid dienone is 1. The number of anilines is 1. The van der Waals surface area contributed by atoms with E-state index in [0.29, 0.717) is 5.69 Å². The number of hydrogen-bond acceptors (Lipinski definition) is 6. The average molecular weight is 479 g/mol. The van der Waals surface area contributed by atoms with Crippen LogP contribution in [0.2, 0.25) is 0 Å². The van der Waals surface area contributed by atoms with Crippen LogP contribution in [0, 0.1) is 5.41 Å². The summed E-state index contributed by atoms with van der Waals surface area (Å²) in [5, 5.41) is 36.8. The molecule has 0 aliphatic heterocycles. The summed E-state index contributed by atoms with van der Waals surface area (Å²) >= 11 is 5.08. The molecule has 0 fully saturated rings. The monoisotopic (exact) mass is 479 g/mol. The molecule has 0 saturated heterocycles. The second kappa shape index (κ2) is 10.6. The lowest BCUT2D eigenvalue weighted by Gasteiger charge is -2.14. The number of benzene rings is 2. The van der Waals surface area contributed by atoms with E-state index in [0.717, 1.165) is 12.1 Å². The number of carbonyl (C=O) groups is 1. The van der Waals surface area contributed by atoms with Crippen molar-refractivity contribution in [1.29, 1.82) is 5.41 Å². The minimum Gasteiger partial charge on any atom is -0.504 e. The number of nitrogens with zero attached hydrogens (tertiary/aromatic N) is 1. The van der Waals surface area contributed by atoms with Crippen LogP contribution in [0.15, 0.2) is 59.4 Å². The number of carboxylic acids is 1. The van der Waals surface area contributed by atoms with Gasteiger partial charge in [-0.2, -0.15) is 18.3 Å². The number of hydrazone groups is 1. The summed E-state index contributed by atoms with van der Waals surface area (Å²) in [5.74, 6) is -1.68. The van der Waals surface area contributed by atoms with Gasteiger partial charge in [0.05, 0.1) is 22.5 Å². The normalized spacial score (nSPS) is 12.5. The zero-order chi connectivity index (χ0) is 24.8. The maximum Gasteiger partial charge on any atom is 0.416 e. The van der Waals surface area contributed by atoms with Crippen LogP contribution in [0.4, 0.5) is 18.9 Å². The molecule has 8 nitrogen and oxygen atoms in total. The number of halogens is 3. The van der Waals surface area contributed by atoms with Gasteiger partial charge in [0.25, 0.3) is 0 Å². The minimum atomic E-state index is -4.56. The molecule has 0 unspecified atom stereocenters. The van der Waals surface area contributed by atoms with Gasteiger partial charge in [-0.25, -0.2) is 4.79 Å². The number of thiocarbonyl (C=S) groups is 1. The zero-order valence-corrected chi connectivity index (χ0v) is 18.2. The molecule has 2 aromatic rings. The Morgan fingerprint density at radius 3 is 2.27 bits per heavy atom. The van der Waals surface area contributed by atoms with Gasteiger partial charge in [-0.1, -0.05) is 12.1 Å². The van der Waals surface area contributed by atoms with Gasteiger partial charge in [0.1, 0.15) is 5.71 Å². The summed E-state index contributed by atoms with van der Waals surface area (Å²) < 4.78 is 39.0. The van der Waals surface area contributed by atoms with E-state index < -0.39 is 29.2 Å². The first-order valence-electron chi connectivity index (χ1n) is 9.26. The molecule has 0 atom stereocenters. The van der Waals surface area contributed by atoms with Crippen molar-refractivity contribution in [1.82, 2.24) is 10.7 Å². The molecule has 0 saturated carbocycles. The van der Waals surface area contributed by atoms with Crippen molar-refractivity contribution in [2.45, 2.75) is 13.1 Å². The highest BCUT2D eigenvalue weighted by Crippen LogP contribution is 2.31. The second-order valence-electron chi connectivity index (χ2n) is 6.57. The zero-order valence-electron chi connectivity index (χ0n) is 17.4. The van der Waals surface area contributed by atoms with E-state index in [1.165, 1.54) is 50.4 Å². The Morgan fingerprint density at radius 2 is 1.73 bits per heavy atom. The maximum absolute atomic E-state index is 13.0. The molecule has 0 aliphatic rings. The summed E-state index contributed by atoms with van der Waals surface area (Å²) in [5.41, 5.74) is 1.68. The highest BCUT2D eigenvalue weighted by molar-refractivity contribution is 7.80. The van der Waals surface area contributed by atoms with Crippen molar-refractivity contribution < 1.29 is 28.2 Å². The summed E-state index contributed by atoms with van der Waals surface area (Å²) in [6.45, 7) is 1.40. The van der Waals surface area contributed by atoms with E-state index in [1.54, 1.807) is 0 Å². The number of nitrogens with one attached hydrogen (secondary N) is 4. The minimum absolute atomic E-state index is 0.00222. The van der Waals surface area contributed by atoms with E-state index in [4.69, 9.17) is 22.7 Å². The van der Waals surface area contributed by atoms with Crippen molar-refractivity contribution in [2.24, 2.45) is 5.10 Å². The SMILES string of the molecule is CN/C(=C(/O)C(=N)/C(C)=N/NC(=S)Nc1ccc(C(=O)O)cc1)c1cccc(C(F)(F)F)c1. The Kier molecular flexibility index (Phi) is 8.13. The lowest BCUT2D eigenvalue weighted by Crippen LogP contribution is -2.27.